The van der Waals surface area contributed by atoms with E-state index in [1.165, 1.54) is 20.3 Å². The SMILES string of the molecule is CC(C)(CN1CCC(C2CC2CCO)CC1)C(F)(F)F. The van der Waals surface area contributed by atoms with E-state index in [0.717, 1.165) is 38.3 Å². The molecule has 5 heteroatoms. The number of aliphatic hydroxyl groups is 1. The number of rotatable bonds is 5. The molecule has 2 fully saturated rings. The molecule has 0 spiro atoms. The van der Waals surface area contributed by atoms with Crippen LogP contribution in [-0.2, 0) is 0 Å². The van der Waals surface area contributed by atoms with Crippen LogP contribution in [-0.4, -0.2) is 42.4 Å². The summed E-state index contributed by atoms with van der Waals surface area (Å²) in [5.41, 5.74) is -1.63. The minimum absolute atomic E-state index is 0.105. The molecule has 2 atom stereocenters. The highest BCUT2D eigenvalue weighted by atomic mass is 19.4. The molecule has 0 bridgehead atoms. The standard InChI is InChI=1S/C15H26F3NO/c1-14(2,15(16,17)18)10-19-6-3-11(4-7-19)13-9-12(13)5-8-20/h11-13,20H,3-10H2,1-2H3. The van der Waals surface area contributed by atoms with Crippen molar-refractivity contribution >= 4 is 0 Å². The van der Waals surface area contributed by atoms with Gasteiger partial charge in [0.2, 0.25) is 0 Å². The lowest BCUT2D eigenvalue weighted by molar-refractivity contribution is -0.217. The summed E-state index contributed by atoms with van der Waals surface area (Å²) < 4.78 is 38.7. The molecule has 2 nitrogen and oxygen atoms in total. The van der Waals surface area contributed by atoms with Gasteiger partial charge >= 0.3 is 6.18 Å². The Balaban J connectivity index is 1.75. The number of halogens is 3. The molecule has 2 aliphatic rings. The summed E-state index contributed by atoms with van der Waals surface area (Å²) >= 11 is 0. The highest BCUT2D eigenvalue weighted by Gasteiger charge is 2.49. The molecule has 0 aromatic heterocycles. The number of nitrogens with zero attached hydrogens (tertiary/aromatic N) is 1. The number of likely N-dealkylation sites (tertiary alicyclic amines) is 1. The maximum absolute atomic E-state index is 12.9. The zero-order valence-corrected chi connectivity index (χ0v) is 12.4. The molecule has 1 N–H and O–H groups in total. The maximum Gasteiger partial charge on any atom is 0.395 e. The first-order valence-corrected chi connectivity index (χ1v) is 7.64. The Morgan fingerprint density at radius 3 is 2.25 bits per heavy atom. The second kappa shape index (κ2) is 5.84. The fourth-order valence-electron chi connectivity index (χ4n) is 3.53. The summed E-state index contributed by atoms with van der Waals surface area (Å²) in [6.07, 6.45) is -0.00111. The molecule has 118 valence electrons. The predicted molar refractivity (Wildman–Crippen MR) is 72.3 cm³/mol. The van der Waals surface area contributed by atoms with Crippen LogP contribution in [0.4, 0.5) is 13.2 Å². The second-order valence-corrected chi connectivity index (χ2v) is 7.17. The van der Waals surface area contributed by atoms with Crippen LogP contribution in [0.1, 0.15) is 39.5 Å². The van der Waals surface area contributed by atoms with Gasteiger partial charge in [-0.25, -0.2) is 0 Å². The summed E-state index contributed by atoms with van der Waals surface area (Å²) in [4.78, 5) is 1.97. The van der Waals surface area contributed by atoms with E-state index in [1.807, 2.05) is 4.90 Å². The van der Waals surface area contributed by atoms with E-state index in [2.05, 4.69) is 0 Å². The van der Waals surface area contributed by atoms with E-state index in [0.29, 0.717) is 11.8 Å². The first-order chi connectivity index (χ1) is 9.24. The molecule has 1 heterocycles. The Kier molecular flexibility index (Phi) is 4.69. The highest BCUT2D eigenvalue weighted by Crippen LogP contribution is 2.50. The first kappa shape index (κ1) is 16.1. The van der Waals surface area contributed by atoms with Crippen molar-refractivity contribution in [1.29, 1.82) is 0 Å². The normalized spacial score (nSPS) is 29.7. The molecule has 2 rings (SSSR count). The van der Waals surface area contributed by atoms with Crippen LogP contribution in [0, 0.1) is 23.2 Å². The van der Waals surface area contributed by atoms with Gasteiger partial charge in [-0.15, -0.1) is 0 Å². The summed E-state index contributed by atoms with van der Waals surface area (Å²) in [5, 5.41) is 8.92. The summed E-state index contributed by atoms with van der Waals surface area (Å²) in [6, 6.07) is 0. The lowest BCUT2D eigenvalue weighted by atomic mass is 9.87. The summed E-state index contributed by atoms with van der Waals surface area (Å²) in [6.45, 7) is 4.52. The number of piperidine rings is 1. The average molecular weight is 293 g/mol. The second-order valence-electron chi connectivity index (χ2n) is 7.17. The number of hydrogen-bond donors (Lipinski definition) is 1. The molecule has 1 aliphatic carbocycles. The van der Waals surface area contributed by atoms with Crippen molar-refractivity contribution in [2.75, 3.05) is 26.2 Å². The molecule has 0 amide bonds. The molecule has 0 aromatic rings. The van der Waals surface area contributed by atoms with Crippen molar-refractivity contribution in [3.63, 3.8) is 0 Å². The molecule has 2 unspecified atom stereocenters. The van der Waals surface area contributed by atoms with Gasteiger partial charge < -0.3 is 10.0 Å². The molecule has 1 saturated carbocycles. The molecular formula is C15H26F3NO. The average Bonchev–Trinajstić information content (AvgIpc) is 3.08. The third-order valence-electron chi connectivity index (χ3n) is 5.10. The van der Waals surface area contributed by atoms with Crippen molar-refractivity contribution in [3.05, 3.63) is 0 Å². The Morgan fingerprint density at radius 1 is 1.15 bits per heavy atom. The summed E-state index contributed by atoms with van der Waals surface area (Å²) in [5.74, 6) is 2.06. The van der Waals surface area contributed by atoms with E-state index in [4.69, 9.17) is 5.11 Å². The largest absolute Gasteiger partial charge is 0.396 e. The van der Waals surface area contributed by atoms with Gasteiger partial charge in [-0.05, 0) is 70.4 Å². The molecule has 20 heavy (non-hydrogen) atoms. The molecule has 0 radical (unpaired) electrons. The summed E-state index contributed by atoms with van der Waals surface area (Å²) in [7, 11) is 0. The van der Waals surface area contributed by atoms with Crippen LogP contribution in [0.3, 0.4) is 0 Å². The van der Waals surface area contributed by atoms with Gasteiger partial charge in [-0.3, -0.25) is 0 Å². The van der Waals surface area contributed by atoms with Crippen LogP contribution >= 0.6 is 0 Å². The zero-order chi connectivity index (χ0) is 15.0. The van der Waals surface area contributed by atoms with Crippen molar-refractivity contribution in [2.24, 2.45) is 23.2 Å². The van der Waals surface area contributed by atoms with E-state index < -0.39 is 11.6 Å². The molecule has 0 aromatic carbocycles. The number of alkyl halides is 3. The zero-order valence-electron chi connectivity index (χ0n) is 12.4. The van der Waals surface area contributed by atoms with Gasteiger partial charge in [0.15, 0.2) is 0 Å². The topological polar surface area (TPSA) is 23.5 Å². The number of hydrogen-bond acceptors (Lipinski definition) is 2. The van der Waals surface area contributed by atoms with Crippen LogP contribution in [0.25, 0.3) is 0 Å². The predicted octanol–water partition coefficient (Wildman–Crippen LogP) is 3.31. The van der Waals surface area contributed by atoms with Gasteiger partial charge in [0, 0.05) is 13.2 Å². The Labute approximate surface area is 119 Å². The van der Waals surface area contributed by atoms with Crippen LogP contribution in [0.5, 0.6) is 0 Å². The van der Waals surface area contributed by atoms with E-state index in [-0.39, 0.29) is 13.2 Å². The van der Waals surface area contributed by atoms with Crippen molar-refractivity contribution < 1.29 is 18.3 Å². The molecular weight excluding hydrogens is 267 g/mol. The van der Waals surface area contributed by atoms with Gasteiger partial charge in [0.1, 0.15) is 0 Å². The molecule has 1 aliphatic heterocycles. The minimum Gasteiger partial charge on any atom is -0.396 e. The fraction of sp³-hybridized carbons (Fsp3) is 1.00. The quantitative estimate of drug-likeness (QED) is 0.840. The van der Waals surface area contributed by atoms with Gasteiger partial charge in [0.25, 0.3) is 0 Å². The number of aliphatic hydroxyl groups excluding tert-OH is 1. The van der Waals surface area contributed by atoms with Crippen molar-refractivity contribution in [3.8, 4) is 0 Å². The fourth-order valence-corrected chi connectivity index (χ4v) is 3.53. The third kappa shape index (κ3) is 3.67. The maximum atomic E-state index is 12.9. The Hall–Kier alpha value is -0.290. The van der Waals surface area contributed by atoms with E-state index >= 15 is 0 Å². The monoisotopic (exact) mass is 293 g/mol. The van der Waals surface area contributed by atoms with Crippen LogP contribution in [0.2, 0.25) is 0 Å². The van der Waals surface area contributed by atoms with Crippen molar-refractivity contribution in [2.45, 2.75) is 45.7 Å². The third-order valence-corrected chi connectivity index (χ3v) is 5.10. The first-order valence-electron chi connectivity index (χ1n) is 7.64. The Morgan fingerprint density at radius 2 is 1.75 bits per heavy atom. The lowest BCUT2D eigenvalue weighted by Crippen LogP contribution is -2.46. The molecule has 1 saturated heterocycles. The lowest BCUT2D eigenvalue weighted by Gasteiger charge is -2.38. The smallest absolute Gasteiger partial charge is 0.395 e. The van der Waals surface area contributed by atoms with Gasteiger partial charge in [0.05, 0.1) is 5.41 Å². The highest BCUT2D eigenvalue weighted by molar-refractivity contribution is 4.93. The van der Waals surface area contributed by atoms with Gasteiger partial charge in [-0.1, -0.05) is 0 Å². The van der Waals surface area contributed by atoms with Crippen LogP contribution < -0.4 is 0 Å². The van der Waals surface area contributed by atoms with Gasteiger partial charge in [-0.2, -0.15) is 13.2 Å². The van der Waals surface area contributed by atoms with Crippen LogP contribution in [0.15, 0.2) is 0 Å². The van der Waals surface area contributed by atoms with Crippen molar-refractivity contribution in [1.82, 2.24) is 4.90 Å². The Bertz CT molecular complexity index is 322. The van der Waals surface area contributed by atoms with E-state index in [1.54, 1.807) is 0 Å². The minimum atomic E-state index is -4.13. The van der Waals surface area contributed by atoms with E-state index in [9.17, 15) is 13.2 Å².